The summed E-state index contributed by atoms with van der Waals surface area (Å²) >= 11 is 25.2. The maximum atomic E-state index is 11.9. The molecule has 0 atom stereocenters. The molecule has 0 unspecified atom stereocenters. The Morgan fingerprint density at radius 1 is 0.955 bits per heavy atom. The molecule has 0 heterocycles. The Hall–Kier alpha value is -0.580. The second-order valence-corrected chi connectivity index (χ2v) is 7.17. The molecule has 1 N–H and O–H groups in total. The van der Waals surface area contributed by atoms with E-state index in [1.165, 1.54) is 12.1 Å². The topological polar surface area (TPSA) is 29.1 Å². The lowest BCUT2D eigenvalue weighted by atomic mass is 10.3. The SMILES string of the molecule is O=C(CCSc1ccc(Cl)cc1)Nc1cc(Cl)c(Cl)cc1Cl. The van der Waals surface area contributed by atoms with Crippen LogP contribution >= 0.6 is 58.2 Å². The number of nitrogens with one attached hydrogen (secondary N) is 1. The molecule has 0 aromatic heterocycles. The summed E-state index contributed by atoms with van der Waals surface area (Å²) in [5.74, 6) is 0.508. The first-order chi connectivity index (χ1) is 10.5. The molecule has 116 valence electrons. The van der Waals surface area contributed by atoms with Gasteiger partial charge in [-0.25, -0.2) is 0 Å². The summed E-state index contributed by atoms with van der Waals surface area (Å²) in [4.78, 5) is 13.0. The van der Waals surface area contributed by atoms with E-state index in [0.29, 0.717) is 38.0 Å². The molecule has 0 saturated heterocycles. The number of amides is 1. The third-order valence-corrected chi connectivity index (χ3v) is 5.00. The first-order valence-corrected chi connectivity index (χ1v) is 8.78. The molecule has 0 fully saturated rings. The van der Waals surface area contributed by atoms with Crippen molar-refractivity contribution in [2.75, 3.05) is 11.1 Å². The Morgan fingerprint density at radius 2 is 1.59 bits per heavy atom. The first-order valence-electron chi connectivity index (χ1n) is 6.28. The Labute approximate surface area is 153 Å². The van der Waals surface area contributed by atoms with Crippen LogP contribution in [-0.2, 0) is 4.79 Å². The van der Waals surface area contributed by atoms with Crippen molar-refractivity contribution in [2.24, 2.45) is 0 Å². The number of carbonyl (C=O) groups is 1. The van der Waals surface area contributed by atoms with Crippen molar-refractivity contribution in [1.82, 2.24) is 0 Å². The zero-order valence-electron chi connectivity index (χ0n) is 11.2. The van der Waals surface area contributed by atoms with E-state index in [0.717, 1.165) is 4.90 Å². The van der Waals surface area contributed by atoms with Crippen LogP contribution in [0.2, 0.25) is 20.1 Å². The summed E-state index contributed by atoms with van der Waals surface area (Å²) in [5.41, 5.74) is 0.456. The van der Waals surface area contributed by atoms with E-state index in [-0.39, 0.29) is 5.91 Å². The fraction of sp³-hybridized carbons (Fsp3) is 0.133. The number of hydrogen-bond acceptors (Lipinski definition) is 2. The van der Waals surface area contributed by atoms with Crippen LogP contribution in [-0.4, -0.2) is 11.7 Å². The van der Waals surface area contributed by atoms with Crippen molar-refractivity contribution in [3.63, 3.8) is 0 Å². The summed E-state index contributed by atoms with van der Waals surface area (Å²) in [6.07, 6.45) is 0.351. The summed E-state index contributed by atoms with van der Waals surface area (Å²) in [7, 11) is 0. The second-order valence-electron chi connectivity index (χ2n) is 4.35. The molecule has 22 heavy (non-hydrogen) atoms. The zero-order chi connectivity index (χ0) is 16.1. The normalized spacial score (nSPS) is 10.5. The Morgan fingerprint density at radius 3 is 2.27 bits per heavy atom. The average molecular weight is 395 g/mol. The lowest BCUT2D eigenvalue weighted by Gasteiger charge is -2.08. The van der Waals surface area contributed by atoms with E-state index in [1.54, 1.807) is 11.8 Å². The Bertz CT molecular complexity index is 676. The average Bonchev–Trinajstić information content (AvgIpc) is 2.47. The molecular weight excluding hydrogens is 384 g/mol. The van der Waals surface area contributed by atoms with Crippen molar-refractivity contribution in [3.05, 3.63) is 56.5 Å². The number of anilines is 1. The smallest absolute Gasteiger partial charge is 0.225 e. The molecule has 0 saturated carbocycles. The third kappa shape index (κ3) is 5.25. The number of thioether (sulfide) groups is 1. The summed E-state index contributed by atoms with van der Waals surface area (Å²) < 4.78 is 0. The summed E-state index contributed by atoms with van der Waals surface area (Å²) in [6, 6.07) is 10.5. The molecule has 0 aliphatic rings. The second kappa shape index (κ2) is 8.32. The molecule has 0 aliphatic carbocycles. The molecule has 0 spiro atoms. The van der Waals surface area contributed by atoms with Crippen LogP contribution in [0.4, 0.5) is 5.69 Å². The Kier molecular flexibility index (Phi) is 6.72. The highest BCUT2D eigenvalue weighted by Crippen LogP contribution is 2.32. The molecule has 0 aliphatic heterocycles. The Balaban J connectivity index is 1.85. The van der Waals surface area contributed by atoms with Crippen molar-refractivity contribution < 1.29 is 4.79 Å². The molecule has 0 radical (unpaired) electrons. The lowest BCUT2D eigenvalue weighted by molar-refractivity contribution is -0.115. The maximum absolute atomic E-state index is 11.9. The lowest BCUT2D eigenvalue weighted by Crippen LogP contribution is -2.12. The van der Waals surface area contributed by atoms with Gasteiger partial charge in [0.05, 0.1) is 20.8 Å². The monoisotopic (exact) mass is 393 g/mol. The van der Waals surface area contributed by atoms with Gasteiger partial charge < -0.3 is 5.32 Å². The van der Waals surface area contributed by atoms with Gasteiger partial charge in [-0.15, -0.1) is 11.8 Å². The molecule has 2 aromatic rings. The summed E-state index contributed by atoms with van der Waals surface area (Å²) in [5, 5.41) is 4.47. The first kappa shape index (κ1) is 17.8. The quantitative estimate of drug-likeness (QED) is 0.468. The van der Waals surface area contributed by atoms with Crippen LogP contribution in [0.1, 0.15) is 6.42 Å². The number of benzene rings is 2. The minimum Gasteiger partial charge on any atom is -0.325 e. The fourth-order valence-corrected chi connectivity index (χ4v) is 3.20. The van der Waals surface area contributed by atoms with Crippen molar-refractivity contribution in [1.29, 1.82) is 0 Å². The van der Waals surface area contributed by atoms with Crippen molar-refractivity contribution in [3.8, 4) is 0 Å². The van der Waals surface area contributed by atoms with Gasteiger partial charge in [0.25, 0.3) is 0 Å². The van der Waals surface area contributed by atoms with E-state index in [1.807, 2.05) is 24.3 Å². The molecule has 7 heteroatoms. The number of hydrogen-bond donors (Lipinski definition) is 1. The largest absolute Gasteiger partial charge is 0.325 e. The molecule has 2 rings (SSSR count). The van der Waals surface area contributed by atoms with Crippen LogP contribution in [0.25, 0.3) is 0 Å². The minimum absolute atomic E-state index is 0.137. The van der Waals surface area contributed by atoms with E-state index in [2.05, 4.69) is 5.32 Å². The van der Waals surface area contributed by atoms with Gasteiger partial charge in [-0.2, -0.15) is 0 Å². The van der Waals surface area contributed by atoms with Gasteiger partial charge in [-0.3, -0.25) is 4.79 Å². The van der Waals surface area contributed by atoms with Crippen molar-refractivity contribution >= 4 is 69.8 Å². The molecular formula is C15H11Cl4NOS. The highest BCUT2D eigenvalue weighted by atomic mass is 35.5. The van der Waals surface area contributed by atoms with Crippen LogP contribution in [0.5, 0.6) is 0 Å². The van der Waals surface area contributed by atoms with Gasteiger partial charge in [0.1, 0.15) is 0 Å². The van der Waals surface area contributed by atoms with Gasteiger partial charge >= 0.3 is 0 Å². The number of carbonyl (C=O) groups excluding carboxylic acids is 1. The highest BCUT2D eigenvalue weighted by molar-refractivity contribution is 7.99. The molecule has 2 nitrogen and oxygen atoms in total. The van der Waals surface area contributed by atoms with Gasteiger partial charge in [-0.05, 0) is 36.4 Å². The fourth-order valence-electron chi connectivity index (χ4n) is 1.62. The van der Waals surface area contributed by atoms with Crippen LogP contribution in [0.15, 0.2) is 41.3 Å². The van der Waals surface area contributed by atoms with Crippen LogP contribution in [0, 0.1) is 0 Å². The van der Waals surface area contributed by atoms with E-state index in [4.69, 9.17) is 46.4 Å². The number of halogens is 4. The van der Waals surface area contributed by atoms with Crippen LogP contribution in [0.3, 0.4) is 0 Å². The van der Waals surface area contributed by atoms with Gasteiger partial charge in [0.15, 0.2) is 0 Å². The predicted molar refractivity (Wildman–Crippen MR) is 96.9 cm³/mol. The van der Waals surface area contributed by atoms with E-state index in [9.17, 15) is 4.79 Å². The highest BCUT2D eigenvalue weighted by Gasteiger charge is 2.09. The van der Waals surface area contributed by atoms with E-state index >= 15 is 0 Å². The number of rotatable bonds is 5. The maximum Gasteiger partial charge on any atom is 0.225 e. The minimum atomic E-state index is -0.137. The van der Waals surface area contributed by atoms with Crippen LogP contribution < -0.4 is 5.32 Å². The van der Waals surface area contributed by atoms with Gasteiger partial charge in [0, 0.05) is 22.1 Å². The molecule has 2 aromatic carbocycles. The standard InChI is InChI=1S/C15H11Cl4NOS/c16-9-1-3-10(4-2-9)22-6-5-15(21)20-14-8-12(18)11(17)7-13(14)19/h1-4,7-8H,5-6H2,(H,20,21). The molecule has 0 bridgehead atoms. The van der Waals surface area contributed by atoms with Gasteiger partial charge in [0.2, 0.25) is 5.91 Å². The van der Waals surface area contributed by atoms with Gasteiger partial charge in [-0.1, -0.05) is 46.4 Å². The third-order valence-electron chi connectivity index (χ3n) is 2.70. The zero-order valence-corrected chi connectivity index (χ0v) is 15.0. The van der Waals surface area contributed by atoms with E-state index < -0.39 is 0 Å². The molecule has 1 amide bonds. The summed E-state index contributed by atoms with van der Waals surface area (Å²) in [6.45, 7) is 0. The predicted octanol–water partition coefficient (Wildman–Crippen LogP) is 6.42. The van der Waals surface area contributed by atoms with Crippen molar-refractivity contribution in [2.45, 2.75) is 11.3 Å².